The van der Waals surface area contributed by atoms with E-state index in [9.17, 15) is 33.2 Å². The average Bonchev–Trinajstić information content (AvgIpc) is 3.60. The molecule has 1 saturated heterocycles. The normalized spacial score (nSPS) is 15.2. The minimum Gasteiger partial charge on any atom is -0.491 e. The van der Waals surface area contributed by atoms with E-state index >= 15 is 0 Å². The van der Waals surface area contributed by atoms with Crippen molar-refractivity contribution >= 4 is 63.3 Å². The van der Waals surface area contributed by atoms with E-state index in [4.69, 9.17) is 9.47 Å². The molecular formula is C37H35FN6O8S. The summed E-state index contributed by atoms with van der Waals surface area (Å²) in [5.74, 6) is -2.97. The number of hydrogen-bond acceptors (Lipinski definition) is 11. The monoisotopic (exact) mass is 742 g/mol. The Morgan fingerprint density at radius 3 is 2.57 bits per heavy atom. The van der Waals surface area contributed by atoms with Gasteiger partial charge >= 0.3 is 0 Å². The summed E-state index contributed by atoms with van der Waals surface area (Å²) in [5, 5.41) is 10.9. The molecule has 14 nitrogen and oxygen atoms in total. The number of anilines is 3. The van der Waals surface area contributed by atoms with Gasteiger partial charge in [-0.15, -0.1) is 11.3 Å². The summed E-state index contributed by atoms with van der Waals surface area (Å²) in [6.45, 7) is 4.20. The Morgan fingerprint density at radius 2 is 1.79 bits per heavy atom. The van der Waals surface area contributed by atoms with Crippen LogP contribution in [0.2, 0.25) is 0 Å². The van der Waals surface area contributed by atoms with Gasteiger partial charge in [0.25, 0.3) is 11.8 Å². The van der Waals surface area contributed by atoms with Gasteiger partial charge < -0.3 is 25.4 Å². The Kier molecular flexibility index (Phi) is 11.2. The molecule has 0 saturated carbocycles. The van der Waals surface area contributed by atoms with Crippen LogP contribution >= 0.6 is 11.3 Å². The predicted octanol–water partition coefficient (Wildman–Crippen LogP) is 4.31. The molecule has 0 aliphatic carbocycles. The van der Waals surface area contributed by atoms with Crippen LogP contribution < -0.4 is 26.0 Å². The lowest BCUT2D eigenvalue weighted by atomic mass is 10.0. The zero-order valence-corrected chi connectivity index (χ0v) is 29.6. The van der Waals surface area contributed by atoms with Crippen LogP contribution in [0.3, 0.4) is 0 Å². The lowest BCUT2D eigenvalue weighted by Gasteiger charge is -2.27. The van der Waals surface area contributed by atoms with Crippen LogP contribution in [0, 0.1) is 12.7 Å². The lowest BCUT2D eigenvalue weighted by molar-refractivity contribution is -0.136. The first-order chi connectivity index (χ1) is 25.5. The molecule has 274 valence electrons. The van der Waals surface area contributed by atoms with Crippen molar-refractivity contribution in [1.29, 1.82) is 0 Å². The van der Waals surface area contributed by atoms with Gasteiger partial charge in [-0.2, -0.15) is 0 Å². The first kappa shape index (κ1) is 36.8. The average molecular weight is 743 g/mol. The van der Waals surface area contributed by atoms with Crippen LogP contribution in [-0.4, -0.2) is 77.7 Å². The summed E-state index contributed by atoms with van der Waals surface area (Å²) in [5.41, 5.74) is 2.63. The molecule has 16 heteroatoms. The number of rotatable bonds is 14. The van der Waals surface area contributed by atoms with Crippen LogP contribution in [0.25, 0.3) is 11.3 Å². The van der Waals surface area contributed by atoms with Gasteiger partial charge in [-0.3, -0.25) is 39.0 Å². The van der Waals surface area contributed by atoms with Crippen molar-refractivity contribution in [2.24, 2.45) is 0 Å². The summed E-state index contributed by atoms with van der Waals surface area (Å²) < 4.78 is 26.0. The molecule has 1 aromatic heterocycles. The van der Waals surface area contributed by atoms with Gasteiger partial charge in [0.1, 0.15) is 24.2 Å². The van der Waals surface area contributed by atoms with Crippen LogP contribution in [0.4, 0.5) is 20.9 Å². The number of carbonyl (C=O) groups is 6. The fraction of sp³-hybridized carbons (Fsp3) is 0.270. The van der Waals surface area contributed by atoms with Crippen LogP contribution in [0.1, 0.15) is 50.9 Å². The van der Waals surface area contributed by atoms with Gasteiger partial charge in [0.15, 0.2) is 5.13 Å². The summed E-state index contributed by atoms with van der Waals surface area (Å²) in [6, 6.07) is 15.3. The number of benzene rings is 3. The number of fused-ring (bicyclic) bond motifs is 1. The maximum Gasteiger partial charge on any atom is 0.264 e. The number of piperidine rings is 1. The second-order valence-electron chi connectivity index (χ2n) is 12.2. The third-order valence-electron chi connectivity index (χ3n) is 8.39. The Labute approximate surface area is 307 Å². The van der Waals surface area contributed by atoms with Gasteiger partial charge in [-0.1, -0.05) is 24.3 Å². The third-order valence-corrected chi connectivity index (χ3v) is 9.27. The molecule has 4 aromatic rings. The maximum absolute atomic E-state index is 14.5. The summed E-state index contributed by atoms with van der Waals surface area (Å²) in [7, 11) is 0. The molecule has 0 spiro atoms. The van der Waals surface area contributed by atoms with Crippen LogP contribution in [0.15, 0.2) is 60.7 Å². The first-order valence-electron chi connectivity index (χ1n) is 16.7. The number of carbonyl (C=O) groups excluding carboxylic acids is 6. The number of imide groups is 2. The highest BCUT2D eigenvalue weighted by Gasteiger charge is 2.45. The Morgan fingerprint density at radius 1 is 0.981 bits per heavy atom. The molecule has 0 bridgehead atoms. The highest BCUT2D eigenvalue weighted by Crippen LogP contribution is 2.33. The molecule has 6 amide bonds. The number of thiazole rings is 1. The number of ether oxygens (including phenoxy) is 2. The van der Waals surface area contributed by atoms with E-state index in [1.165, 1.54) is 36.5 Å². The largest absolute Gasteiger partial charge is 0.491 e. The third kappa shape index (κ3) is 8.56. The summed E-state index contributed by atoms with van der Waals surface area (Å²) >= 11 is 1.27. The Hall–Kier alpha value is -6.00. The number of nitrogens with one attached hydrogen (secondary N) is 4. The number of halogens is 1. The Balaban J connectivity index is 0.935. The van der Waals surface area contributed by atoms with Crippen LogP contribution in [0.5, 0.6) is 5.75 Å². The van der Waals surface area contributed by atoms with E-state index in [1.807, 2.05) is 6.92 Å². The standard InChI is InChI=1S/C37H35FN6O8S/c1-20-33(23-9-10-27(26(38)19-23)40-21(2)45)43-37(53-20)42-31(47)18-22-5-3-6-24(17-22)52-16-15-51-14-13-39-28-8-4-7-25-32(28)36(50)44(35(25)49)29-11-12-30(46)41-34(29)48/h3-10,17,19,29,39H,11-16,18H2,1-2H3,(H,40,45)(H,41,46,48)(H,42,43,47). The number of nitrogens with zero attached hydrogens (tertiary/aromatic N) is 2. The second-order valence-corrected chi connectivity index (χ2v) is 13.4. The molecule has 2 aliphatic heterocycles. The molecule has 1 atom stereocenters. The molecule has 6 rings (SSSR count). The molecule has 3 heterocycles. The van der Waals surface area contributed by atoms with E-state index < -0.39 is 35.5 Å². The van der Waals surface area contributed by atoms with Crippen molar-refractivity contribution in [3.8, 4) is 17.0 Å². The molecule has 1 fully saturated rings. The molecule has 0 radical (unpaired) electrons. The van der Waals surface area contributed by atoms with E-state index in [1.54, 1.807) is 42.5 Å². The molecule has 53 heavy (non-hydrogen) atoms. The minimum atomic E-state index is -1.04. The van der Waals surface area contributed by atoms with E-state index in [-0.39, 0.29) is 67.7 Å². The summed E-state index contributed by atoms with van der Waals surface area (Å²) in [6.07, 6.45) is 0.185. The van der Waals surface area contributed by atoms with Gasteiger partial charge in [-0.25, -0.2) is 9.37 Å². The van der Waals surface area contributed by atoms with Crippen molar-refractivity contribution in [2.45, 2.75) is 39.2 Å². The zero-order chi connectivity index (χ0) is 37.6. The number of aryl methyl sites for hydroxylation is 1. The molecule has 1 unspecified atom stereocenters. The zero-order valence-electron chi connectivity index (χ0n) is 28.7. The number of aromatic nitrogens is 1. The van der Waals surface area contributed by atoms with E-state index in [2.05, 4.69) is 26.3 Å². The van der Waals surface area contributed by atoms with Crippen molar-refractivity contribution < 1.29 is 42.6 Å². The Bertz CT molecular complexity index is 2120. The highest BCUT2D eigenvalue weighted by atomic mass is 32.1. The minimum absolute atomic E-state index is 0.0422. The molecule has 2 aliphatic rings. The van der Waals surface area contributed by atoms with Crippen molar-refractivity contribution in [2.75, 3.05) is 42.3 Å². The number of amides is 6. The maximum atomic E-state index is 14.5. The van der Waals surface area contributed by atoms with Gasteiger partial charge in [0, 0.05) is 36.0 Å². The van der Waals surface area contributed by atoms with Gasteiger partial charge in [0.05, 0.1) is 42.1 Å². The van der Waals surface area contributed by atoms with Crippen LogP contribution in [-0.2, 0) is 30.3 Å². The molecule has 3 aromatic carbocycles. The summed E-state index contributed by atoms with van der Waals surface area (Å²) in [4.78, 5) is 80.5. The predicted molar refractivity (Wildman–Crippen MR) is 193 cm³/mol. The van der Waals surface area contributed by atoms with Crippen molar-refractivity contribution in [1.82, 2.24) is 15.2 Å². The first-order valence-corrected chi connectivity index (χ1v) is 17.5. The lowest BCUT2D eigenvalue weighted by Crippen LogP contribution is -2.54. The second kappa shape index (κ2) is 16.1. The SMILES string of the molecule is CC(=O)Nc1ccc(-c2nc(NC(=O)Cc3cccc(OCCOCCNc4cccc5c4C(=O)N(C4CCC(=O)NC4=O)C5=O)c3)sc2C)cc1F. The van der Waals surface area contributed by atoms with E-state index in [0.29, 0.717) is 39.9 Å². The van der Waals surface area contributed by atoms with Crippen molar-refractivity contribution in [3.05, 3.63) is 88.0 Å². The van der Waals surface area contributed by atoms with Gasteiger partial charge in [-0.05, 0) is 55.3 Å². The topological polar surface area (TPSA) is 185 Å². The van der Waals surface area contributed by atoms with Gasteiger partial charge in [0.2, 0.25) is 23.6 Å². The highest BCUT2D eigenvalue weighted by molar-refractivity contribution is 7.16. The quantitative estimate of drug-likeness (QED) is 0.107. The fourth-order valence-electron chi connectivity index (χ4n) is 6.01. The molecule has 4 N–H and O–H groups in total. The smallest absolute Gasteiger partial charge is 0.264 e. The van der Waals surface area contributed by atoms with E-state index in [0.717, 1.165) is 9.78 Å². The fourth-order valence-corrected chi connectivity index (χ4v) is 6.86. The number of hydrogen-bond donors (Lipinski definition) is 4. The molecular weight excluding hydrogens is 708 g/mol. The van der Waals surface area contributed by atoms with Crippen molar-refractivity contribution in [3.63, 3.8) is 0 Å².